The molecule has 0 amide bonds. The molecule has 0 nitrogen and oxygen atoms in total. The van der Waals surface area contributed by atoms with E-state index >= 15 is 0 Å². The lowest BCUT2D eigenvalue weighted by Crippen LogP contribution is -2.04. The van der Waals surface area contributed by atoms with Crippen molar-refractivity contribution >= 4 is 15.9 Å². The first-order valence-corrected chi connectivity index (χ1v) is 4.32. The van der Waals surface area contributed by atoms with Gasteiger partial charge in [0.05, 0.1) is 0 Å². The van der Waals surface area contributed by atoms with E-state index in [1.165, 1.54) is 0 Å². The van der Waals surface area contributed by atoms with Gasteiger partial charge < -0.3 is 0 Å². The van der Waals surface area contributed by atoms with Gasteiger partial charge in [0.2, 0.25) is 0 Å². The molecule has 0 aliphatic carbocycles. The standard InChI is InChI=1S/C9H15Br/c1-5-8(10)7-9(3,4)6-2/h5,7H,1,6H2,2-4H3. The molecule has 0 saturated heterocycles. The third-order valence-electron chi connectivity index (χ3n) is 1.63. The van der Waals surface area contributed by atoms with Gasteiger partial charge in [0, 0.05) is 4.48 Å². The van der Waals surface area contributed by atoms with E-state index in [1.807, 2.05) is 6.08 Å². The fraction of sp³-hybridized carbons (Fsp3) is 0.556. The maximum atomic E-state index is 3.66. The Balaban J connectivity index is 4.22. The average Bonchev–Trinajstić information content (AvgIpc) is 1.87. The topological polar surface area (TPSA) is 0 Å². The van der Waals surface area contributed by atoms with Crippen LogP contribution in [0.1, 0.15) is 27.2 Å². The SMILES string of the molecule is C=CC(Br)=CC(C)(C)CC. The molecule has 0 aliphatic heterocycles. The van der Waals surface area contributed by atoms with Crippen molar-refractivity contribution in [1.82, 2.24) is 0 Å². The molecule has 0 aromatic heterocycles. The summed E-state index contributed by atoms with van der Waals surface area (Å²) >= 11 is 3.40. The lowest BCUT2D eigenvalue weighted by atomic mass is 9.90. The van der Waals surface area contributed by atoms with Crippen molar-refractivity contribution < 1.29 is 0 Å². The second-order valence-corrected chi connectivity index (χ2v) is 3.99. The van der Waals surface area contributed by atoms with Gasteiger partial charge in [0.1, 0.15) is 0 Å². The minimum atomic E-state index is 0.285. The number of allylic oxidation sites excluding steroid dienone is 3. The third-order valence-corrected chi connectivity index (χ3v) is 2.19. The van der Waals surface area contributed by atoms with Crippen LogP contribution in [0.2, 0.25) is 0 Å². The molecule has 0 radical (unpaired) electrons. The summed E-state index contributed by atoms with van der Waals surface area (Å²) in [5.41, 5.74) is 0.285. The second-order valence-electron chi connectivity index (χ2n) is 3.08. The Hall–Kier alpha value is -0.0400. The van der Waals surface area contributed by atoms with Gasteiger partial charge in [0.15, 0.2) is 0 Å². The molecule has 58 valence electrons. The van der Waals surface area contributed by atoms with Crippen molar-refractivity contribution in [2.24, 2.45) is 5.41 Å². The van der Waals surface area contributed by atoms with Gasteiger partial charge in [0.25, 0.3) is 0 Å². The Morgan fingerprint density at radius 1 is 1.60 bits per heavy atom. The van der Waals surface area contributed by atoms with Crippen molar-refractivity contribution in [3.63, 3.8) is 0 Å². The monoisotopic (exact) mass is 202 g/mol. The van der Waals surface area contributed by atoms with Crippen LogP contribution in [0.25, 0.3) is 0 Å². The highest BCUT2D eigenvalue weighted by molar-refractivity contribution is 9.11. The van der Waals surface area contributed by atoms with Crippen LogP contribution >= 0.6 is 15.9 Å². The summed E-state index contributed by atoms with van der Waals surface area (Å²) in [5.74, 6) is 0. The molecule has 1 heteroatoms. The predicted molar refractivity (Wildman–Crippen MR) is 51.3 cm³/mol. The molecule has 0 rings (SSSR count). The molecule has 0 heterocycles. The first-order chi connectivity index (χ1) is 4.52. The molecule has 0 aliphatic rings. The summed E-state index contributed by atoms with van der Waals surface area (Å²) in [6, 6.07) is 0. The molecule has 0 unspecified atom stereocenters. The maximum Gasteiger partial charge on any atom is 0.0134 e. The van der Waals surface area contributed by atoms with Crippen LogP contribution in [0.4, 0.5) is 0 Å². The van der Waals surface area contributed by atoms with E-state index in [2.05, 4.69) is 49.4 Å². The zero-order valence-corrected chi connectivity index (χ0v) is 8.53. The van der Waals surface area contributed by atoms with E-state index < -0.39 is 0 Å². The summed E-state index contributed by atoms with van der Waals surface area (Å²) in [5, 5.41) is 0. The molecule has 0 atom stereocenters. The van der Waals surface area contributed by atoms with Crippen molar-refractivity contribution in [3.05, 3.63) is 23.2 Å². The zero-order valence-electron chi connectivity index (χ0n) is 6.95. The lowest BCUT2D eigenvalue weighted by molar-refractivity contribution is 0.462. The Kier molecular flexibility index (Phi) is 3.95. The fourth-order valence-electron chi connectivity index (χ4n) is 0.534. The molecule has 0 spiro atoms. The third kappa shape index (κ3) is 3.89. The smallest absolute Gasteiger partial charge is 0.0134 e. The summed E-state index contributed by atoms with van der Waals surface area (Å²) < 4.78 is 1.08. The van der Waals surface area contributed by atoms with E-state index in [9.17, 15) is 0 Å². The molecule has 10 heavy (non-hydrogen) atoms. The van der Waals surface area contributed by atoms with Gasteiger partial charge >= 0.3 is 0 Å². The first-order valence-electron chi connectivity index (χ1n) is 3.52. The highest BCUT2D eigenvalue weighted by atomic mass is 79.9. The molecule has 0 N–H and O–H groups in total. The minimum absolute atomic E-state index is 0.285. The van der Waals surface area contributed by atoms with E-state index in [0.29, 0.717) is 0 Å². The Morgan fingerprint density at radius 2 is 2.10 bits per heavy atom. The summed E-state index contributed by atoms with van der Waals surface area (Å²) in [6.07, 6.45) is 5.15. The fourth-order valence-corrected chi connectivity index (χ4v) is 1.15. The van der Waals surface area contributed by atoms with Crippen LogP contribution in [0.3, 0.4) is 0 Å². The molecule has 0 aromatic carbocycles. The predicted octanol–water partition coefficient (Wildman–Crippen LogP) is 3.89. The van der Waals surface area contributed by atoms with Crippen LogP contribution in [0.5, 0.6) is 0 Å². The summed E-state index contributed by atoms with van der Waals surface area (Å²) in [7, 11) is 0. The molecular formula is C9H15Br. The average molecular weight is 203 g/mol. The van der Waals surface area contributed by atoms with Crippen molar-refractivity contribution in [3.8, 4) is 0 Å². The van der Waals surface area contributed by atoms with Crippen LogP contribution in [0, 0.1) is 5.41 Å². The first kappa shape index (κ1) is 9.96. The molecule has 0 bridgehead atoms. The van der Waals surface area contributed by atoms with Crippen LogP contribution in [0.15, 0.2) is 23.2 Å². The van der Waals surface area contributed by atoms with Crippen LogP contribution in [-0.4, -0.2) is 0 Å². The van der Waals surface area contributed by atoms with Gasteiger partial charge in [-0.3, -0.25) is 0 Å². The van der Waals surface area contributed by atoms with Gasteiger partial charge in [-0.15, -0.1) is 0 Å². The molecule has 0 aromatic rings. The van der Waals surface area contributed by atoms with Gasteiger partial charge in [-0.25, -0.2) is 0 Å². The number of rotatable bonds is 3. The van der Waals surface area contributed by atoms with E-state index in [0.717, 1.165) is 10.9 Å². The van der Waals surface area contributed by atoms with Crippen LogP contribution in [-0.2, 0) is 0 Å². The lowest BCUT2D eigenvalue weighted by Gasteiger charge is -2.17. The summed E-state index contributed by atoms with van der Waals surface area (Å²) in [6.45, 7) is 10.3. The maximum absolute atomic E-state index is 3.66. The Bertz CT molecular complexity index is 143. The largest absolute Gasteiger partial charge is 0.0980 e. The van der Waals surface area contributed by atoms with Crippen molar-refractivity contribution in [1.29, 1.82) is 0 Å². The van der Waals surface area contributed by atoms with E-state index in [4.69, 9.17) is 0 Å². The molecular weight excluding hydrogens is 188 g/mol. The minimum Gasteiger partial charge on any atom is -0.0980 e. The normalized spacial score (nSPS) is 13.4. The molecule has 0 fully saturated rings. The van der Waals surface area contributed by atoms with Gasteiger partial charge in [-0.05, 0) is 11.8 Å². The molecule has 0 saturated carbocycles. The number of hydrogen-bond donors (Lipinski definition) is 0. The van der Waals surface area contributed by atoms with E-state index in [-0.39, 0.29) is 5.41 Å². The number of halogens is 1. The van der Waals surface area contributed by atoms with Crippen LogP contribution < -0.4 is 0 Å². The van der Waals surface area contributed by atoms with Gasteiger partial charge in [-0.2, -0.15) is 0 Å². The number of hydrogen-bond acceptors (Lipinski definition) is 0. The second kappa shape index (κ2) is 3.97. The van der Waals surface area contributed by atoms with Crippen molar-refractivity contribution in [2.45, 2.75) is 27.2 Å². The Morgan fingerprint density at radius 3 is 2.40 bits per heavy atom. The highest BCUT2D eigenvalue weighted by Gasteiger charge is 2.10. The van der Waals surface area contributed by atoms with Gasteiger partial charge in [-0.1, -0.05) is 55.4 Å². The highest BCUT2D eigenvalue weighted by Crippen LogP contribution is 2.25. The van der Waals surface area contributed by atoms with E-state index in [1.54, 1.807) is 0 Å². The zero-order chi connectivity index (χ0) is 8.20. The summed E-state index contributed by atoms with van der Waals surface area (Å²) in [4.78, 5) is 0. The quantitative estimate of drug-likeness (QED) is 0.610. The van der Waals surface area contributed by atoms with Crippen molar-refractivity contribution in [2.75, 3.05) is 0 Å². The Labute approximate surface area is 72.1 Å².